The Balaban J connectivity index is 3.62. The monoisotopic (exact) mass is 231 g/mol. The van der Waals surface area contributed by atoms with E-state index < -0.39 is 12.0 Å². The van der Waals surface area contributed by atoms with Crippen LogP contribution < -0.4 is 16.4 Å². The summed E-state index contributed by atoms with van der Waals surface area (Å²) >= 11 is 0. The van der Waals surface area contributed by atoms with Gasteiger partial charge in [-0.1, -0.05) is 13.3 Å². The van der Waals surface area contributed by atoms with Crippen molar-refractivity contribution in [2.75, 3.05) is 13.1 Å². The standard InChI is InChI=1S/C10H21N3O3/c1-3-4-7(2)13-9(15)6-12-5-8(14)10(11)16/h7-8,12,14H,3-6H2,1-2H3,(H2,11,16)(H,13,15). The minimum absolute atomic E-state index is 0.00902. The molecular formula is C10H21N3O3. The molecule has 6 heteroatoms. The lowest BCUT2D eigenvalue weighted by atomic mass is 10.2. The molecule has 0 bridgehead atoms. The number of hydrogen-bond donors (Lipinski definition) is 4. The fourth-order valence-corrected chi connectivity index (χ4v) is 1.25. The summed E-state index contributed by atoms with van der Waals surface area (Å²) in [4.78, 5) is 21.8. The van der Waals surface area contributed by atoms with Crippen LogP contribution in [0.25, 0.3) is 0 Å². The van der Waals surface area contributed by atoms with Crippen molar-refractivity contribution in [3.05, 3.63) is 0 Å². The van der Waals surface area contributed by atoms with Crippen molar-refractivity contribution < 1.29 is 14.7 Å². The van der Waals surface area contributed by atoms with Crippen LogP contribution in [-0.4, -0.2) is 42.2 Å². The van der Waals surface area contributed by atoms with Crippen LogP contribution in [0.3, 0.4) is 0 Å². The molecule has 0 saturated heterocycles. The van der Waals surface area contributed by atoms with E-state index in [2.05, 4.69) is 10.6 Å². The molecule has 0 radical (unpaired) electrons. The highest BCUT2D eigenvalue weighted by atomic mass is 16.3. The minimum Gasteiger partial charge on any atom is -0.382 e. The number of carbonyl (C=O) groups is 2. The topological polar surface area (TPSA) is 104 Å². The number of carbonyl (C=O) groups excluding carboxylic acids is 2. The average Bonchev–Trinajstić information content (AvgIpc) is 2.17. The maximum atomic E-state index is 11.3. The molecule has 0 fully saturated rings. The van der Waals surface area contributed by atoms with E-state index in [1.807, 2.05) is 13.8 Å². The van der Waals surface area contributed by atoms with Crippen molar-refractivity contribution in [1.29, 1.82) is 0 Å². The van der Waals surface area contributed by atoms with Gasteiger partial charge in [0.05, 0.1) is 6.54 Å². The summed E-state index contributed by atoms with van der Waals surface area (Å²) in [6.45, 7) is 4.03. The molecule has 0 aliphatic heterocycles. The van der Waals surface area contributed by atoms with Gasteiger partial charge in [-0.3, -0.25) is 9.59 Å². The van der Waals surface area contributed by atoms with Gasteiger partial charge in [0.2, 0.25) is 11.8 Å². The maximum absolute atomic E-state index is 11.3. The molecule has 5 N–H and O–H groups in total. The quantitative estimate of drug-likeness (QED) is 0.418. The molecule has 2 atom stereocenters. The van der Waals surface area contributed by atoms with E-state index in [9.17, 15) is 9.59 Å². The second kappa shape index (κ2) is 8.06. The minimum atomic E-state index is -1.25. The Bertz CT molecular complexity index is 233. The molecule has 2 amide bonds. The molecule has 0 aromatic rings. The van der Waals surface area contributed by atoms with Crippen LogP contribution >= 0.6 is 0 Å². The van der Waals surface area contributed by atoms with Gasteiger partial charge in [0.15, 0.2) is 0 Å². The molecule has 94 valence electrons. The zero-order chi connectivity index (χ0) is 12.6. The van der Waals surface area contributed by atoms with E-state index in [0.29, 0.717) is 0 Å². The normalized spacial score (nSPS) is 14.2. The molecule has 0 saturated carbocycles. The van der Waals surface area contributed by atoms with Crippen LogP contribution in [0.4, 0.5) is 0 Å². The molecule has 0 aliphatic carbocycles. The fraction of sp³-hybridized carbons (Fsp3) is 0.800. The van der Waals surface area contributed by atoms with Gasteiger partial charge in [0.1, 0.15) is 6.10 Å². The Kier molecular flexibility index (Phi) is 7.49. The predicted octanol–water partition coefficient (Wildman–Crippen LogP) is -1.27. The molecule has 0 rings (SSSR count). The lowest BCUT2D eigenvalue weighted by Crippen LogP contribution is -2.43. The third-order valence-corrected chi connectivity index (χ3v) is 2.08. The van der Waals surface area contributed by atoms with Gasteiger partial charge >= 0.3 is 0 Å². The number of primary amides is 1. The molecule has 0 spiro atoms. The third kappa shape index (κ3) is 7.19. The molecule has 16 heavy (non-hydrogen) atoms. The Morgan fingerprint density at radius 2 is 2.06 bits per heavy atom. The third-order valence-electron chi connectivity index (χ3n) is 2.08. The van der Waals surface area contributed by atoms with Gasteiger partial charge in [0.25, 0.3) is 0 Å². The summed E-state index contributed by atoms with van der Waals surface area (Å²) in [5.74, 6) is -0.954. The van der Waals surface area contributed by atoms with E-state index >= 15 is 0 Å². The summed E-state index contributed by atoms with van der Waals surface area (Å²) < 4.78 is 0. The molecular weight excluding hydrogens is 210 g/mol. The highest BCUT2D eigenvalue weighted by molar-refractivity contribution is 5.79. The van der Waals surface area contributed by atoms with Crippen LogP contribution in [0.5, 0.6) is 0 Å². The van der Waals surface area contributed by atoms with Crippen LogP contribution in [-0.2, 0) is 9.59 Å². The maximum Gasteiger partial charge on any atom is 0.247 e. The fourth-order valence-electron chi connectivity index (χ4n) is 1.25. The molecule has 2 unspecified atom stereocenters. The highest BCUT2D eigenvalue weighted by Gasteiger charge is 2.11. The van der Waals surface area contributed by atoms with Crippen LogP contribution in [0.15, 0.2) is 0 Å². The molecule has 0 aromatic carbocycles. The van der Waals surface area contributed by atoms with Gasteiger partial charge in [-0.15, -0.1) is 0 Å². The van der Waals surface area contributed by atoms with E-state index in [-0.39, 0.29) is 25.0 Å². The summed E-state index contributed by atoms with van der Waals surface area (Å²) in [7, 11) is 0. The average molecular weight is 231 g/mol. The van der Waals surface area contributed by atoms with Crippen molar-refractivity contribution in [2.45, 2.75) is 38.8 Å². The summed E-state index contributed by atoms with van der Waals surface area (Å²) in [5.41, 5.74) is 4.84. The number of amides is 2. The van der Waals surface area contributed by atoms with Gasteiger partial charge in [-0.25, -0.2) is 0 Å². The van der Waals surface area contributed by atoms with Crippen molar-refractivity contribution in [3.63, 3.8) is 0 Å². The van der Waals surface area contributed by atoms with Crippen LogP contribution in [0.2, 0.25) is 0 Å². The van der Waals surface area contributed by atoms with Gasteiger partial charge in [-0.2, -0.15) is 0 Å². The summed E-state index contributed by atoms with van der Waals surface area (Å²) in [5, 5.41) is 14.5. The van der Waals surface area contributed by atoms with Gasteiger partial charge < -0.3 is 21.5 Å². The molecule has 0 aromatic heterocycles. The number of nitrogens with one attached hydrogen (secondary N) is 2. The van der Waals surface area contributed by atoms with Crippen molar-refractivity contribution in [3.8, 4) is 0 Å². The largest absolute Gasteiger partial charge is 0.382 e. The first-order valence-corrected chi connectivity index (χ1v) is 5.44. The van der Waals surface area contributed by atoms with Crippen molar-refractivity contribution in [1.82, 2.24) is 10.6 Å². The Labute approximate surface area is 95.6 Å². The number of rotatable bonds is 8. The van der Waals surface area contributed by atoms with E-state index in [1.54, 1.807) is 0 Å². The lowest BCUT2D eigenvalue weighted by molar-refractivity contribution is -0.126. The van der Waals surface area contributed by atoms with Crippen LogP contribution in [0, 0.1) is 0 Å². The van der Waals surface area contributed by atoms with E-state index in [0.717, 1.165) is 12.8 Å². The highest BCUT2D eigenvalue weighted by Crippen LogP contribution is 1.93. The lowest BCUT2D eigenvalue weighted by Gasteiger charge is -2.13. The van der Waals surface area contributed by atoms with Crippen molar-refractivity contribution >= 4 is 11.8 Å². The molecule has 0 aliphatic rings. The predicted molar refractivity (Wildman–Crippen MR) is 60.6 cm³/mol. The van der Waals surface area contributed by atoms with Crippen molar-refractivity contribution in [2.24, 2.45) is 5.73 Å². The number of hydrogen-bond acceptors (Lipinski definition) is 4. The Morgan fingerprint density at radius 1 is 1.44 bits per heavy atom. The van der Waals surface area contributed by atoms with Gasteiger partial charge in [-0.05, 0) is 13.3 Å². The van der Waals surface area contributed by atoms with E-state index in [4.69, 9.17) is 10.8 Å². The van der Waals surface area contributed by atoms with E-state index in [1.165, 1.54) is 0 Å². The second-order valence-corrected chi connectivity index (χ2v) is 3.81. The first-order chi connectivity index (χ1) is 7.47. The first kappa shape index (κ1) is 14.9. The smallest absolute Gasteiger partial charge is 0.247 e. The summed E-state index contributed by atoms with van der Waals surface area (Å²) in [6, 6.07) is 0.139. The second-order valence-electron chi connectivity index (χ2n) is 3.81. The number of aliphatic hydroxyl groups is 1. The van der Waals surface area contributed by atoms with Crippen LogP contribution in [0.1, 0.15) is 26.7 Å². The zero-order valence-corrected chi connectivity index (χ0v) is 9.82. The number of aliphatic hydroxyl groups excluding tert-OH is 1. The Hall–Kier alpha value is -1.14. The Morgan fingerprint density at radius 3 is 2.56 bits per heavy atom. The molecule has 0 heterocycles. The number of nitrogens with two attached hydrogens (primary N) is 1. The summed E-state index contributed by atoms with van der Waals surface area (Å²) in [6.07, 6.45) is 0.686. The first-order valence-electron chi connectivity index (χ1n) is 5.44. The molecule has 6 nitrogen and oxygen atoms in total. The zero-order valence-electron chi connectivity index (χ0n) is 9.82. The SMILES string of the molecule is CCCC(C)NC(=O)CNCC(O)C(N)=O. The van der Waals surface area contributed by atoms with Gasteiger partial charge in [0, 0.05) is 12.6 Å².